The fourth-order valence-electron chi connectivity index (χ4n) is 4.70. The van der Waals surface area contributed by atoms with E-state index in [2.05, 4.69) is 10.2 Å². The van der Waals surface area contributed by atoms with Crippen molar-refractivity contribution >= 4 is 17.8 Å². The van der Waals surface area contributed by atoms with Crippen molar-refractivity contribution in [3.8, 4) is 0 Å². The molecular formula is C32H37F3N4O4. The third-order valence-electron chi connectivity index (χ3n) is 7.19. The lowest BCUT2D eigenvalue weighted by molar-refractivity contribution is -0.253. The largest absolute Gasteiger partial charge is 0.493 e. The van der Waals surface area contributed by atoms with Gasteiger partial charge in [0.2, 0.25) is 5.91 Å². The zero-order valence-electron chi connectivity index (χ0n) is 23.9. The third kappa shape index (κ3) is 9.13. The van der Waals surface area contributed by atoms with Crippen LogP contribution in [0.2, 0.25) is 0 Å². The summed E-state index contributed by atoms with van der Waals surface area (Å²) in [6.45, 7) is 1.35. The van der Waals surface area contributed by atoms with Crippen LogP contribution in [0.25, 0.3) is 0 Å². The molecule has 0 bridgehead atoms. The van der Waals surface area contributed by atoms with E-state index in [0.29, 0.717) is 6.42 Å². The Balaban J connectivity index is 1.92. The molecule has 0 saturated carbocycles. The van der Waals surface area contributed by atoms with Gasteiger partial charge in [0.15, 0.2) is 5.54 Å². The molecule has 2 amide bonds. The van der Waals surface area contributed by atoms with Gasteiger partial charge in [0, 0.05) is 12.5 Å². The van der Waals surface area contributed by atoms with Crippen LogP contribution in [0.4, 0.5) is 13.2 Å². The molecular weight excluding hydrogens is 561 g/mol. The van der Waals surface area contributed by atoms with Crippen LogP contribution in [0.5, 0.6) is 0 Å². The highest BCUT2D eigenvalue weighted by atomic mass is 19.4. The molecule has 0 unspecified atom stereocenters. The Kier molecular flexibility index (Phi) is 11.8. The number of hydroxylamine groups is 2. The molecule has 0 fully saturated rings. The Hall–Kier alpha value is -4.22. The number of aryl methyl sites for hydroxylation is 1. The lowest BCUT2D eigenvalue weighted by Gasteiger charge is -2.39. The molecule has 2 atom stereocenters. The minimum Gasteiger partial charge on any atom is -0.353 e. The first-order chi connectivity index (χ1) is 20.5. The number of alkyl halides is 3. The molecule has 0 aromatic heterocycles. The van der Waals surface area contributed by atoms with Gasteiger partial charge in [-0.15, -0.1) is 0 Å². The second-order valence-electron chi connectivity index (χ2n) is 10.4. The molecule has 230 valence electrons. The molecule has 0 spiro atoms. The van der Waals surface area contributed by atoms with Crippen LogP contribution in [-0.4, -0.2) is 53.7 Å². The summed E-state index contributed by atoms with van der Waals surface area (Å²) in [5, 5.41) is 2.98. The van der Waals surface area contributed by atoms with Crippen molar-refractivity contribution in [2.75, 3.05) is 13.1 Å². The Morgan fingerprint density at radius 3 is 1.88 bits per heavy atom. The molecule has 3 aromatic carbocycles. The summed E-state index contributed by atoms with van der Waals surface area (Å²) in [6.07, 6.45) is -5.13. The van der Waals surface area contributed by atoms with Crippen molar-refractivity contribution in [1.29, 1.82) is 0 Å². The van der Waals surface area contributed by atoms with Gasteiger partial charge in [-0.3, -0.25) is 9.59 Å². The predicted octanol–water partition coefficient (Wildman–Crippen LogP) is 4.24. The molecule has 3 rings (SSSR count). The number of nitrogens with two attached hydrogens (primary N) is 2. The van der Waals surface area contributed by atoms with Crippen LogP contribution in [0.3, 0.4) is 0 Å². The molecule has 3 aromatic rings. The van der Waals surface area contributed by atoms with E-state index in [1.807, 2.05) is 78.9 Å². The van der Waals surface area contributed by atoms with E-state index in [1.165, 1.54) is 6.92 Å². The minimum absolute atomic E-state index is 0.0294. The number of nitrogens with zero attached hydrogens (tertiary/aromatic N) is 1. The van der Waals surface area contributed by atoms with Crippen LogP contribution >= 0.6 is 0 Å². The van der Waals surface area contributed by atoms with Crippen molar-refractivity contribution in [2.45, 2.75) is 56.3 Å². The summed E-state index contributed by atoms with van der Waals surface area (Å²) in [4.78, 5) is 44.1. The van der Waals surface area contributed by atoms with Gasteiger partial charge in [-0.2, -0.15) is 18.2 Å². The van der Waals surface area contributed by atoms with Crippen LogP contribution in [0.1, 0.15) is 48.8 Å². The van der Waals surface area contributed by atoms with E-state index in [4.69, 9.17) is 11.5 Å². The number of halogens is 3. The standard InChI is InChI=1S/C32H37F3N4O4/c1-31(20-11-21-36,29(41)38-22-26(24-14-7-3-8-15-24)25-16-9-4-10-17-25)39(43-30(42)32(33,34)35)28(40)27(37)19-18-23-12-5-2-6-13-23/h2-10,12-17,26-27H,11,18-22,36-37H2,1H3,(H,38,41)/t27-,31-/m0/s1. The lowest BCUT2D eigenvalue weighted by atomic mass is 9.89. The molecule has 0 saturated heterocycles. The van der Waals surface area contributed by atoms with E-state index in [0.717, 1.165) is 16.7 Å². The molecule has 11 heteroatoms. The zero-order valence-corrected chi connectivity index (χ0v) is 23.9. The summed E-state index contributed by atoms with van der Waals surface area (Å²) in [6, 6.07) is 26.4. The Bertz CT molecular complexity index is 1290. The lowest BCUT2D eigenvalue weighted by Crippen LogP contribution is -2.63. The Labute approximate surface area is 249 Å². The van der Waals surface area contributed by atoms with E-state index >= 15 is 0 Å². The SMILES string of the molecule is C[C@](CCCN)(C(=O)NCC(c1ccccc1)c1ccccc1)N(OC(=O)C(F)(F)F)C(=O)[C@@H](N)CCc1ccccc1. The number of amides is 2. The van der Waals surface area contributed by atoms with Gasteiger partial charge in [-0.05, 0) is 55.8 Å². The molecule has 43 heavy (non-hydrogen) atoms. The molecule has 5 N–H and O–H groups in total. The van der Waals surface area contributed by atoms with Crippen molar-refractivity contribution in [2.24, 2.45) is 11.5 Å². The first-order valence-corrected chi connectivity index (χ1v) is 14.0. The number of nitrogens with one attached hydrogen (secondary N) is 1. The average molecular weight is 599 g/mol. The van der Waals surface area contributed by atoms with Crippen molar-refractivity contribution in [3.63, 3.8) is 0 Å². The summed E-state index contributed by atoms with van der Waals surface area (Å²) < 4.78 is 40.0. The maximum Gasteiger partial charge on any atom is 0.493 e. The van der Waals surface area contributed by atoms with Crippen LogP contribution < -0.4 is 16.8 Å². The molecule has 0 heterocycles. The van der Waals surface area contributed by atoms with Crippen molar-refractivity contribution < 1.29 is 32.4 Å². The van der Waals surface area contributed by atoms with E-state index in [9.17, 15) is 27.6 Å². The van der Waals surface area contributed by atoms with Gasteiger partial charge in [0.05, 0.1) is 6.04 Å². The number of carbonyl (C=O) groups excluding carboxylic acids is 3. The van der Waals surface area contributed by atoms with Crippen molar-refractivity contribution in [1.82, 2.24) is 10.4 Å². The number of rotatable bonds is 13. The first kappa shape index (κ1) is 33.3. The van der Waals surface area contributed by atoms with Gasteiger partial charge < -0.3 is 21.6 Å². The monoisotopic (exact) mass is 598 g/mol. The predicted molar refractivity (Wildman–Crippen MR) is 156 cm³/mol. The maximum absolute atomic E-state index is 13.9. The highest BCUT2D eigenvalue weighted by Crippen LogP contribution is 2.29. The first-order valence-electron chi connectivity index (χ1n) is 14.0. The van der Waals surface area contributed by atoms with E-state index in [-0.39, 0.29) is 43.3 Å². The zero-order chi connectivity index (χ0) is 31.5. The number of carbonyl (C=O) groups is 3. The van der Waals surface area contributed by atoms with Crippen molar-refractivity contribution in [3.05, 3.63) is 108 Å². The smallest absolute Gasteiger partial charge is 0.353 e. The quantitative estimate of drug-likeness (QED) is 0.253. The van der Waals surface area contributed by atoms with E-state index in [1.54, 1.807) is 12.1 Å². The number of benzene rings is 3. The van der Waals surface area contributed by atoms with E-state index < -0.39 is 35.5 Å². The van der Waals surface area contributed by atoms with Gasteiger partial charge in [-0.25, -0.2) is 4.79 Å². The average Bonchev–Trinajstić information content (AvgIpc) is 3.01. The fraction of sp³-hybridized carbons (Fsp3) is 0.344. The number of hydrogen-bond donors (Lipinski definition) is 3. The third-order valence-corrected chi connectivity index (χ3v) is 7.19. The second kappa shape index (κ2) is 15.3. The normalized spacial score (nSPS) is 13.6. The molecule has 0 aliphatic rings. The highest BCUT2D eigenvalue weighted by molar-refractivity contribution is 5.93. The number of hydrogen-bond acceptors (Lipinski definition) is 6. The van der Waals surface area contributed by atoms with Gasteiger partial charge in [0.25, 0.3) is 5.91 Å². The topological polar surface area (TPSA) is 128 Å². The maximum atomic E-state index is 13.9. The van der Waals surface area contributed by atoms with Crippen LogP contribution in [0.15, 0.2) is 91.0 Å². The van der Waals surface area contributed by atoms with Crippen LogP contribution in [-0.2, 0) is 25.6 Å². The highest BCUT2D eigenvalue weighted by Gasteiger charge is 2.50. The fourth-order valence-corrected chi connectivity index (χ4v) is 4.70. The summed E-state index contributed by atoms with van der Waals surface area (Å²) >= 11 is 0. The van der Waals surface area contributed by atoms with Gasteiger partial charge in [0.1, 0.15) is 0 Å². The van der Waals surface area contributed by atoms with Gasteiger partial charge >= 0.3 is 12.1 Å². The minimum atomic E-state index is -5.43. The summed E-state index contributed by atoms with van der Waals surface area (Å²) in [5.74, 6) is -4.92. The molecule has 8 nitrogen and oxygen atoms in total. The summed E-state index contributed by atoms with van der Waals surface area (Å²) in [7, 11) is 0. The molecule has 0 aliphatic heterocycles. The second-order valence-corrected chi connectivity index (χ2v) is 10.4. The molecule has 0 aliphatic carbocycles. The molecule has 0 radical (unpaired) electrons. The van der Waals surface area contributed by atoms with Gasteiger partial charge in [-0.1, -0.05) is 91.0 Å². The Morgan fingerprint density at radius 1 is 0.884 bits per heavy atom. The summed E-state index contributed by atoms with van der Waals surface area (Å²) in [5.41, 5.74) is 12.4. The Morgan fingerprint density at radius 2 is 1.40 bits per heavy atom. The van der Waals surface area contributed by atoms with Crippen LogP contribution in [0, 0.1) is 0 Å².